The van der Waals surface area contributed by atoms with Gasteiger partial charge in [0.05, 0.1) is 6.54 Å². The maximum absolute atomic E-state index is 12.5. The van der Waals surface area contributed by atoms with E-state index >= 15 is 0 Å². The summed E-state index contributed by atoms with van der Waals surface area (Å²) in [5, 5.41) is 5.65. The SMILES string of the molecule is CC(C)c1cccc(C(C)C)c1NC(=O)CNC(=O)c1ccc2c(c1)OCO2. The van der Waals surface area contributed by atoms with E-state index in [4.69, 9.17) is 9.47 Å². The second kappa shape index (κ2) is 8.33. The molecule has 0 unspecified atom stereocenters. The predicted molar refractivity (Wildman–Crippen MR) is 108 cm³/mol. The highest BCUT2D eigenvalue weighted by molar-refractivity contribution is 6.00. The van der Waals surface area contributed by atoms with Crippen molar-refractivity contribution in [2.75, 3.05) is 18.7 Å². The molecule has 0 radical (unpaired) electrons. The molecule has 6 nitrogen and oxygen atoms in total. The van der Waals surface area contributed by atoms with Crippen LogP contribution in [0.4, 0.5) is 5.69 Å². The summed E-state index contributed by atoms with van der Waals surface area (Å²) in [6, 6.07) is 11.0. The van der Waals surface area contributed by atoms with Gasteiger partial charge in [0.25, 0.3) is 5.91 Å². The van der Waals surface area contributed by atoms with Crippen LogP contribution >= 0.6 is 0 Å². The van der Waals surface area contributed by atoms with Crippen molar-refractivity contribution in [3.63, 3.8) is 0 Å². The summed E-state index contributed by atoms with van der Waals surface area (Å²) >= 11 is 0. The van der Waals surface area contributed by atoms with Gasteiger partial charge in [-0.3, -0.25) is 9.59 Å². The molecule has 0 saturated carbocycles. The van der Waals surface area contributed by atoms with Crippen molar-refractivity contribution in [1.82, 2.24) is 5.32 Å². The van der Waals surface area contributed by atoms with E-state index in [1.54, 1.807) is 18.2 Å². The summed E-state index contributed by atoms with van der Waals surface area (Å²) in [5.41, 5.74) is 3.43. The molecule has 2 N–H and O–H groups in total. The van der Waals surface area contributed by atoms with Gasteiger partial charge in [-0.2, -0.15) is 0 Å². The molecular formula is C22H26N2O4. The average Bonchev–Trinajstić information content (AvgIpc) is 3.13. The first-order valence-corrected chi connectivity index (χ1v) is 9.47. The van der Waals surface area contributed by atoms with Crippen molar-refractivity contribution >= 4 is 17.5 Å². The Hall–Kier alpha value is -3.02. The van der Waals surface area contributed by atoms with Gasteiger partial charge in [0.1, 0.15) is 0 Å². The lowest BCUT2D eigenvalue weighted by Crippen LogP contribution is -2.33. The number of ether oxygens (including phenoxy) is 2. The second-order valence-corrected chi connectivity index (χ2v) is 7.42. The Kier molecular flexibility index (Phi) is 5.87. The lowest BCUT2D eigenvalue weighted by Gasteiger charge is -2.20. The monoisotopic (exact) mass is 382 g/mol. The van der Waals surface area contributed by atoms with E-state index in [0.29, 0.717) is 17.1 Å². The van der Waals surface area contributed by atoms with E-state index in [0.717, 1.165) is 16.8 Å². The zero-order valence-electron chi connectivity index (χ0n) is 16.7. The molecule has 6 heteroatoms. The second-order valence-electron chi connectivity index (χ2n) is 7.42. The zero-order valence-corrected chi connectivity index (χ0v) is 16.7. The zero-order chi connectivity index (χ0) is 20.3. The maximum atomic E-state index is 12.5. The van der Waals surface area contributed by atoms with Crippen molar-refractivity contribution in [2.45, 2.75) is 39.5 Å². The molecule has 0 aliphatic carbocycles. The van der Waals surface area contributed by atoms with E-state index in [-0.39, 0.29) is 37.0 Å². The minimum atomic E-state index is -0.338. The number of hydrogen-bond donors (Lipinski definition) is 2. The van der Waals surface area contributed by atoms with E-state index in [2.05, 4.69) is 38.3 Å². The van der Waals surface area contributed by atoms with Gasteiger partial charge in [-0.15, -0.1) is 0 Å². The van der Waals surface area contributed by atoms with E-state index in [1.807, 2.05) is 18.2 Å². The largest absolute Gasteiger partial charge is 0.454 e. The highest BCUT2D eigenvalue weighted by Gasteiger charge is 2.18. The van der Waals surface area contributed by atoms with Gasteiger partial charge in [-0.1, -0.05) is 45.9 Å². The quantitative estimate of drug-likeness (QED) is 0.791. The lowest BCUT2D eigenvalue weighted by atomic mass is 9.92. The van der Waals surface area contributed by atoms with Gasteiger partial charge in [0, 0.05) is 11.3 Å². The van der Waals surface area contributed by atoms with Crippen molar-refractivity contribution in [1.29, 1.82) is 0 Å². The Balaban J connectivity index is 1.67. The molecule has 148 valence electrons. The third-order valence-electron chi connectivity index (χ3n) is 4.68. The highest BCUT2D eigenvalue weighted by Crippen LogP contribution is 2.33. The van der Waals surface area contributed by atoms with Gasteiger partial charge in [-0.25, -0.2) is 0 Å². The number of hydrogen-bond acceptors (Lipinski definition) is 4. The van der Waals surface area contributed by atoms with Crippen LogP contribution in [0.1, 0.15) is 61.0 Å². The maximum Gasteiger partial charge on any atom is 0.251 e. The fourth-order valence-corrected chi connectivity index (χ4v) is 3.18. The Morgan fingerprint density at radius 3 is 2.25 bits per heavy atom. The molecule has 3 rings (SSSR count). The third-order valence-corrected chi connectivity index (χ3v) is 4.68. The minimum Gasteiger partial charge on any atom is -0.454 e. The Morgan fingerprint density at radius 2 is 1.61 bits per heavy atom. The smallest absolute Gasteiger partial charge is 0.251 e. The number of carbonyl (C=O) groups excluding carboxylic acids is 2. The van der Waals surface area contributed by atoms with Crippen LogP contribution in [-0.4, -0.2) is 25.2 Å². The summed E-state index contributed by atoms with van der Waals surface area (Å²) in [7, 11) is 0. The summed E-state index contributed by atoms with van der Waals surface area (Å²) in [5.74, 6) is 1.10. The van der Waals surface area contributed by atoms with Crippen LogP contribution in [0.2, 0.25) is 0 Å². The van der Waals surface area contributed by atoms with Crippen molar-refractivity contribution in [3.8, 4) is 11.5 Å². The predicted octanol–water partition coefficient (Wildman–Crippen LogP) is 4.03. The fourth-order valence-electron chi connectivity index (χ4n) is 3.18. The van der Waals surface area contributed by atoms with Crippen molar-refractivity contribution < 1.29 is 19.1 Å². The number of amides is 2. The Labute approximate surface area is 165 Å². The number of fused-ring (bicyclic) bond motifs is 1. The molecule has 0 aromatic heterocycles. The fraction of sp³-hybridized carbons (Fsp3) is 0.364. The summed E-state index contributed by atoms with van der Waals surface area (Å²) in [4.78, 5) is 24.9. The van der Waals surface area contributed by atoms with Crippen LogP contribution in [0.25, 0.3) is 0 Å². The summed E-state index contributed by atoms with van der Waals surface area (Å²) in [6.07, 6.45) is 0. The Morgan fingerprint density at radius 1 is 0.964 bits per heavy atom. The van der Waals surface area contributed by atoms with Crippen LogP contribution in [0.15, 0.2) is 36.4 Å². The third kappa shape index (κ3) is 4.27. The lowest BCUT2D eigenvalue weighted by molar-refractivity contribution is -0.115. The van der Waals surface area contributed by atoms with Gasteiger partial charge < -0.3 is 20.1 Å². The van der Waals surface area contributed by atoms with Crippen molar-refractivity contribution in [2.24, 2.45) is 0 Å². The normalized spacial score (nSPS) is 12.4. The molecule has 1 aliphatic rings. The molecule has 1 aliphatic heterocycles. The number of rotatable bonds is 6. The molecule has 2 amide bonds. The number of benzene rings is 2. The van der Waals surface area contributed by atoms with Gasteiger partial charge in [0.2, 0.25) is 12.7 Å². The number of carbonyl (C=O) groups is 2. The molecule has 2 aromatic carbocycles. The van der Waals surface area contributed by atoms with E-state index in [9.17, 15) is 9.59 Å². The molecule has 0 bridgehead atoms. The average molecular weight is 382 g/mol. The molecule has 0 saturated heterocycles. The van der Waals surface area contributed by atoms with Gasteiger partial charge >= 0.3 is 0 Å². The van der Waals surface area contributed by atoms with Gasteiger partial charge in [0.15, 0.2) is 11.5 Å². The first-order valence-electron chi connectivity index (χ1n) is 9.47. The minimum absolute atomic E-state index is 0.114. The van der Waals surface area contributed by atoms with Crippen molar-refractivity contribution in [3.05, 3.63) is 53.1 Å². The van der Waals surface area contributed by atoms with Crippen LogP contribution in [0.3, 0.4) is 0 Å². The standard InChI is InChI=1S/C22H26N2O4/c1-13(2)16-6-5-7-17(14(3)4)21(16)24-20(25)11-23-22(26)15-8-9-18-19(10-15)28-12-27-18/h5-10,13-14H,11-12H2,1-4H3,(H,23,26)(H,24,25). The molecule has 28 heavy (non-hydrogen) atoms. The van der Waals surface area contributed by atoms with E-state index < -0.39 is 0 Å². The first-order chi connectivity index (χ1) is 13.4. The highest BCUT2D eigenvalue weighted by atomic mass is 16.7. The van der Waals surface area contributed by atoms with Crippen LogP contribution in [0, 0.1) is 0 Å². The molecule has 0 fully saturated rings. The molecule has 0 spiro atoms. The van der Waals surface area contributed by atoms with E-state index in [1.165, 1.54) is 0 Å². The molecule has 1 heterocycles. The van der Waals surface area contributed by atoms with Gasteiger partial charge in [-0.05, 0) is 41.2 Å². The molecule has 0 atom stereocenters. The summed E-state index contributed by atoms with van der Waals surface area (Å²) < 4.78 is 10.5. The summed E-state index contributed by atoms with van der Waals surface area (Å²) in [6.45, 7) is 8.41. The number of para-hydroxylation sites is 1. The number of nitrogens with one attached hydrogen (secondary N) is 2. The topological polar surface area (TPSA) is 76.7 Å². The Bertz CT molecular complexity index is 864. The molecule has 2 aromatic rings. The number of anilines is 1. The first kappa shape index (κ1) is 19.7. The van der Waals surface area contributed by atoms with Crippen LogP contribution in [-0.2, 0) is 4.79 Å². The van der Waals surface area contributed by atoms with Crippen LogP contribution in [0.5, 0.6) is 11.5 Å². The molecular weight excluding hydrogens is 356 g/mol. The van der Waals surface area contributed by atoms with Crippen LogP contribution < -0.4 is 20.1 Å².